The smallest absolute Gasteiger partial charge is 0.340 e. The number of carbonyl (C=O) groups is 3. The molecule has 114 valence electrons. The number of rotatable bonds is 7. The Morgan fingerprint density at radius 2 is 1.71 bits per heavy atom. The number of amides is 2. The summed E-state index contributed by atoms with van der Waals surface area (Å²) in [4.78, 5) is 35.3. The molecule has 0 radical (unpaired) electrons. The number of para-hydroxylation sites is 1. The van der Waals surface area contributed by atoms with Gasteiger partial charge in [-0.15, -0.1) is 0 Å². The number of hydrogen-bond acceptors (Lipinski definition) is 6. The second kappa shape index (κ2) is 7.13. The Morgan fingerprint density at radius 3 is 2.19 bits per heavy atom. The van der Waals surface area contributed by atoms with E-state index in [4.69, 9.17) is 21.9 Å². The molecular weight excluding hydrogens is 276 g/mol. The average molecular weight is 294 g/mol. The van der Waals surface area contributed by atoms with Crippen LogP contribution in [0, 0.1) is 0 Å². The number of nitrogens with two attached hydrogens (primary N) is 3. The number of nitrogen functional groups attached to an aromatic ring is 1. The minimum absolute atomic E-state index is 0.0958. The van der Waals surface area contributed by atoms with E-state index >= 15 is 0 Å². The molecule has 0 atom stereocenters. The molecular formula is C13H18N4O4. The van der Waals surface area contributed by atoms with Crippen LogP contribution in [0.4, 0.5) is 11.4 Å². The summed E-state index contributed by atoms with van der Waals surface area (Å²) in [7, 11) is 0. The van der Waals surface area contributed by atoms with Crippen LogP contribution in [0.25, 0.3) is 0 Å². The number of ether oxygens (including phenoxy) is 1. The number of carbonyl (C=O) groups excluding carboxylic acids is 3. The standard InChI is InChI=1S/C13H18N4O4/c1-2-21-13(20)8-4-3-5-9(12(8)16)17(6-10(14)18)7-11(15)19/h3-5H,2,6-7,16H2,1H3,(H2,14,18)(H2,15,19). The van der Waals surface area contributed by atoms with Gasteiger partial charge in [0.25, 0.3) is 0 Å². The maximum atomic E-state index is 11.8. The van der Waals surface area contributed by atoms with Gasteiger partial charge in [0.1, 0.15) is 0 Å². The number of nitrogens with zero attached hydrogens (tertiary/aromatic N) is 1. The van der Waals surface area contributed by atoms with Crippen molar-refractivity contribution in [3.63, 3.8) is 0 Å². The van der Waals surface area contributed by atoms with Gasteiger partial charge in [-0.2, -0.15) is 0 Å². The Morgan fingerprint density at radius 1 is 1.14 bits per heavy atom. The van der Waals surface area contributed by atoms with E-state index in [0.717, 1.165) is 0 Å². The lowest BCUT2D eigenvalue weighted by Gasteiger charge is -2.24. The largest absolute Gasteiger partial charge is 0.462 e. The zero-order valence-corrected chi connectivity index (χ0v) is 11.7. The predicted octanol–water partition coefficient (Wildman–Crippen LogP) is -0.777. The van der Waals surface area contributed by atoms with Crippen LogP contribution in [0.1, 0.15) is 17.3 Å². The molecule has 0 spiro atoms. The molecule has 2 amide bonds. The molecule has 21 heavy (non-hydrogen) atoms. The Bertz CT molecular complexity index is 543. The van der Waals surface area contributed by atoms with Crippen LogP contribution in [0.5, 0.6) is 0 Å². The number of benzene rings is 1. The molecule has 1 rings (SSSR count). The van der Waals surface area contributed by atoms with E-state index in [-0.39, 0.29) is 30.9 Å². The minimum Gasteiger partial charge on any atom is -0.462 e. The summed E-state index contributed by atoms with van der Waals surface area (Å²) in [5.41, 5.74) is 16.8. The first kappa shape index (κ1) is 16.3. The Kier molecular flexibility index (Phi) is 5.53. The van der Waals surface area contributed by atoms with Crippen molar-refractivity contribution in [3.05, 3.63) is 23.8 Å². The normalized spacial score (nSPS) is 9.95. The third-order valence-corrected chi connectivity index (χ3v) is 2.61. The minimum atomic E-state index is -0.655. The van der Waals surface area contributed by atoms with Crippen LogP contribution in [0.2, 0.25) is 0 Å². The fourth-order valence-corrected chi connectivity index (χ4v) is 1.82. The first-order valence-corrected chi connectivity index (χ1v) is 6.24. The lowest BCUT2D eigenvalue weighted by atomic mass is 10.1. The number of esters is 1. The first-order valence-electron chi connectivity index (χ1n) is 6.24. The Labute approximate surface area is 121 Å². The van der Waals surface area contributed by atoms with Crippen molar-refractivity contribution < 1.29 is 19.1 Å². The molecule has 8 nitrogen and oxygen atoms in total. The van der Waals surface area contributed by atoms with Crippen molar-refractivity contribution in [1.82, 2.24) is 0 Å². The van der Waals surface area contributed by atoms with Crippen molar-refractivity contribution in [1.29, 1.82) is 0 Å². The van der Waals surface area contributed by atoms with Gasteiger partial charge in [-0.1, -0.05) is 6.07 Å². The number of primary amides is 2. The summed E-state index contributed by atoms with van der Waals surface area (Å²) >= 11 is 0. The van der Waals surface area contributed by atoms with E-state index in [0.29, 0.717) is 5.69 Å². The van der Waals surface area contributed by atoms with Crippen LogP contribution in [-0.2, 0) is 14.3 Å². The fourth-order valence-electron chi connectivity index (χ4n) is 1.82. The summed E-state index contributed by atoms with van der Waals surface area (Å²) in [5.74, 6) is -1.90. The topological polar surface area (TPSA) is 142 Å². The van der Waals surface area contributed by atoms with Crippen molar-refractivity contribution in [2.45, 2.75) is 6.92 Å². The quantitative estimate of drug-likeness (QED) is 0.445. The highest BCUT2D eigenvalue weighted by atomic mass is 16.5. The average Bonchev–Trinajstić information content (AvgIpc) is 2.37. The van der Waals surface area contributed by atoms with Crippen LogP contribution in [0.3, 0.4) is 0 Å². The fraction of sp³-hybridized carbons (Fsp3) is 0.308. The van der Waals surface area contributed by atoms with Gasteiger partial charge in [-0.3, -0.25) is 9.59 Å². The molecule has 0 aliphatic rings. The van der Waals surface area contributed by atoms with Crippen LogP contribution in [0.15, 0.2) is 18.2 Å². The van der Waals surface area contributed by atoms with Gasteiger partial charge in [0, 0.05) is 0 Å². The molecule has 0 aliphatic heterocycles. The molecule has 0 aliphatic carbocycles. The van der Waals surface area contributed by atoms with E-state index in [1.54, 1.807) is 19.1 Å². The van der Waals surface area contributed by atoms with Gasteiger partial charge in [-0.25, -0.2) is 4.79 Å². The molecule has 0 heterocycles. The molecule has 0 fully saturated rings. The van der Waals surface area contributed by atoms with Gasteiger partial charge in [0.15, 0.2) is 0 Å². The lowest BCUT2D eigenvalue weighted by molar-refractivity contribution is -0.117. The monoisotopic (exact) mass is 294 g/mol. The third-order valence-electron chi connectivity index (χ3n) is 2.61. The lowest BCUT2D eigenvalue weighted by Crippen LogP contribution is -2.40. The molecule has 0 saturated heterocycles. The zero-order chi connectivity index (χ0) is 16.0. The van der Waals surface area contributed by atoms with Crippen LogP contribution < -0.4 is 22.1 Å². The molecule has 1 aromatic rings. The maximum Gasteiger partial charge on any atom is 0.340 e. The Balaban J connectivity index is 3.19. The van der Waals surface area contributed by atoms with Gasteiger partial charge < -0.3 is 26.8 Å². The van der Waals surface area contributed by atoms with Crippen molar-refractivity contribution in [2.24, 2.45) is 11.5 Å². The van der Waals surface area contributed by atoms with Crippen LogP contribution >= 0.6 is 0 Å². The van der Waals surface area contributed by atoms with Gasteiger partial charge in [0.05, 0.1) is 36.6 Å². The van der Waals surface area contributed by atoms with E-state index in [1.165, 1.54) is 11.0 Å². The van der Waals surface area contributed by atoms with Gasteiger partial charge >= 0.3 is 5.97 Å². The maximum absolute atomic E-state index is 11.8. The molecule has 6 N–H and O–H groups in total. The second-order valence-electron chi connectivity index (χ2n) is 4.25. The van der Waals surface area contributed by atoms with E-state index in [2.05, 4.69) is 0 Å². The van der Waals surface area contributed by atoms with Crippen molar-refractivity contribution in [3.8, 4) is 0 Å². The van der Waals surface area contributed by atoms with E-state index < -0.39 is 17.8 Å². The van der Waals surface area contributed by atoms with Crippen molar-refractivity contribution >= 4 is 29.2 Å². The summed E-state index contributed by atoms with van der Waals surface area (Å²) < 4.78 is 4.88. The molecule has 0 saturated carbocycles. The molecule has 1 aromatic carbocycles. The third kappa shape index (κ3) is 4.37. The molecule has 0 aromatic heterocycles. The first-order chi connectivity index (χ1) is 9.86. The second-order valence-corrected chi connectivity index (χ2v) is 4.25. The zero-order valence-electron chi connectivity index (χ0n) is 11.7. The molecule has 0 unspecified atom stereocenters. The van der Waals surface area contributed by atoms with Gasteiger partial charge in [-0.05, 0) is 19.1 Å². The SMILES string of the molecule is CCOC(=O)c1cccc(N(CC(N)=O)CC(N)=O)c1N. The predicted molar refractivity (Wildman–Crippen MR) is 77.4 cm³/mol. The summed E-state index contributed by atoms with van der Waals surface area (Å²) in [6, 6.07) is 4.61. The molecule has 0 bridgehead atoms. The summed E-state index contributed by atoms with van der Waals surface area (Å²) in [5, 5.41) is 0. The van der Waals surface area contributed by atoms with E-state index in [9.17, 15) is 14.4 Å². The van der Waals surface area contributed by atoms with Crippen LogP contribution in [-0.4, -0.2) is 37.5 Å². The van der Waals surface area contributed by atoms with Gasteiger partial charge in [0.2, 0.25) is 11.8 Å². The highest BCUT2D eigenvalue weighted by Gasteiger charge is 2.19. The Hall–Kier alpha value is -2.77. The highest BCUT2D eigenvalue weighted by molar-refractivity contribution is 5.99. The number of hydrogen-bond donors (Lipinski definition) is 3. The van der Waals surface area contributed by atoms with Crippen molar-refractivity contribution in [2.75, 3.05) is 30.3 Å². The molecule has 8 heteroatoms. The van der Waals surface area contributed by atoms with E-state index in [1.807, 2.05) is 0 Å². The summed E-state index contributed by atoms with van der Waals surface area (Å²) in [6.07, 6.45) is 0. The number of anilines is 2. The highest BCUT2D eigenvalue weighted by Crippen LogP contribution is 2.27. The summed E-state index contributed by atoms with van der Waals surface area (Å²) in [6.45, 7) is 1.37.